The van der Waals surface area contributed by atoms with Gasteiger partial charge in [0.2, 0.25) is 0 Å². The minimum Gasteiger partial charge on any atom is -0.381 e. The molecule has 14 heavy (non-hydrogen) atoms. The summed E-state index contributed by atoms with van der Waals surface area (Å²) in [6.07, 6.45) is 2.40. The highest BCUT2D eigenvalue weighted by Crippen LogP contribution is 2.17. The Morgan fingerprint density at radius 2 is 2.57 bits per heavy atom. The third-order valence-corrected chi connectivity index (χ3v) is 3.84. The topological polar surface area (TPSA) is 33.6 Å². The van der Waals surface area contributed by atoms with Gasteiger partial charge in [-0.15, -0.1) is 0 Å². The number of nitrogens with one attached hydrogen (secondary N) is 1. The van der Waals surface area contributed by atoms with Gasteiger partial charge in [-0.2, -0.15) is 0 Å². The van der Waals surface area contributed by atoms with E-state index < -0.39 is 0 Å². The fraction of sp³-hybridized carbons (Fsp3) is 0.900. The van der Waals surface area contributed by atoms with E-state index in [1.165, 1.54) is 12.8 Å². The van der Waals surface area contributed by atoms with E-state index in [1.54, 1.807) is 0 Å². The molecule has 0 aromatic carbocycles. The lowest BCUT2D eigenvalue weighted by Gasteiger charge is -2.04. The van der Waals surface area contributed by atoms with Gasteiger partial charge < -0.3 is 10.1 Å². The molecule has 2 aliphatic rings. The molecule has 0 aromatic rings. The largest absolute Gasteiger partial charge is 0.381 e. The lowest BCUT2D eigenvalue weighted by molar-refractivity contribution is 0.184. The molecule has 80 valence electrons. The van der Waals surface area contributed by atoms with Gasteiger partial charge in [-0.05, 0) is 25.7 Å². The SMILES string of the molecule is CC1CSC(=NCCC2CCOC2)N1. The van der Waals surface area contributed by atoms with E-state index in [0.29, 0.717) is 6.04 Å². The summed E-state index contributed by atoms with van der Waals surface area (Å²) >= 11 is 1.84. The van der Waals surface area contributed by atoms with Crippen LogP contribution in [0, 0.1) is 5.92 Å². The standard InChI is InChI=1S/C10H18N2OS/c1-8-7-14-10(12-8)11-4-2-9-3-5-13-6-9/h8-9H,2-7H2,1H3,(H,11,12). The summed E-state index contributed by atoms with van der Waals surface area (Å²) in [7, 11) is 0. The Kier molecular flexibility index (Phi) is 3.70. The Morgan fingerprint density at radius 3 is 3.21 bits per heavy atom. The third-order valence-electron chi connectivity index (χ3n) is 2.66. The second kappa shape index (κ2) is 5.03. The van der Waals surface area contributed by atoms with Crippen molar-refractivity contribution in [1.82, 2.24) is 5.32 Å². The first-order valence-corrected chi connectivity index (χ1v) is 6.34. The molecule has 2 fully saturated rings. The van der Waals surface area contributed by atoms with Gasteiger partial charge in [-0.1, -0.05) is 11.8 Å². The van der Waals surface area contributed by atoms with Crippen LogP contribution in [0.25, 0.3) is 0 Å². The minimum absolute atomic E-state index is 0.591. The van der Waals surface area contributed by atoms with E-state index in [-0.39, 0.29) is 0 Å². The van der Waals surface area contributed by atoms with Crippen LogP contribution in [-0.4, -0.2) is 36.7 Å². The van der Waals surface area contributed by atoms with Gasteiger partial charge in [0.1, 0.15) is 0 Å². The van der Waals surface area contributed by atoms with Gasteiger partial charge in [0, 0.05) is 31.6 Å². The molecule has 0 bridgehead atoms. The van der Waals surface area contributed by atoms with E-state index in [9.17, 15) is 0 Å². The van der Waals surface area contributed by atoms with Crippen molar-refractivity contribution in [1.29, 1.82) is 0 Å². The molecule has 2 aliphatic heterocycles. The van der Waals surface area contributed by atoms with E-state index in [0.717, 1.165) is 36.6 Å². The highest BCUT2D eigenvalue weighted by atomic mass is 32.2. The molecule has 0 spiro atoms. The maximum atomic E-state index is 5.33. The van der Waals surface area contributed by atoms with Crippen LogP contribution in [0.4, 0.5) is 0 Å². The quantitative estimate of drug-likeness (QED) is 0.773. The minimum atomic E-state index is 0.591. The average molecular weight is 214 g/mol. The Labute approximate surface area is 89.7 Å². The Balaban J connectivity index is 1.66. The number of hydrogen-bond donors (Lipinski definition) is 1. The maximum absolute atomic E-state index is 5.33. The smallest absolute Gasteiger partial charge is 0.156 e. The third kappa shape index (κ3) is 2.89. The lowest BCUT2D eigenvalue weighted by atomic mass is 10.1. The van der Waals surface area contributed by atoms with Crippen molar-refractivity contribution in [2.45, 2.75) is 25.8 Å². The van der Waals surface area contributed by atoms with Gasteiger partial charge in [0.05, 0.1) is 0 Å². The van der Waals surface area contributed by atoms with Crippen LogP contribution >= 0.6 is 11.8 Å². The van der Waals surface area contributed by atoms with Crippen LogP contribution in [0.2, 0.25) is 0 Å². The normalized spacial score (nSPS) is 35.1. The van der Waals surface area contributed by atoms with Crippen molar-refractivity contribution in [3.8, 4) is 0 Å². The molecule has 4 heteroatoms. The summed E-state index contributed by atoms with van der Waals surface area (Å²) in [6, 6.07) is 0.591. The second-order valence-electron chi connectivity index (χ2n) is 4.06. The number of aliphatic imine (C=N–C) groups is 1. The molecule has 2 atom stereocenters. The molecule has 0 aromatic heterocycles. The fourth-order valence-electron chi connectivity index (χ4n) is 1.75. The zero-order valence-electron chi connectivity index (χ0n) is 8.66. The Bertz CT molecular complexity index is 214. The van der Waals surface area contributed by atoms with Crippen molar-refractivity contribution >= 4 is 16.9 Å². The van der Waals surface area contributed by atoms with Crippen LogP contribution in [0.1, 0.15) is 19.8 Å². The zero-order valence-corrected chi connectivity index (χ0v) is 9.48. The summed E-state index contributed by atoms with van der Waals surface area (Å²) in [6.45, 7) is 5.05. The summed E-state index contributed by atoms with van der Waals surface area (Å²) in [5.41, 5.74) is 0. The molecule has 3 nitrogen and oxygen atoms in total. The maximum Gasteiger partial charge on any atom is 0.156 e. The van der Waals surface area contributed by atoms with E-state index >= 15 is 0 Å². The highest BCUT2D eigenvalue weighted by molar-refractivity contribution is 8.14. The number of amidine groups is 1. The first-order valence-electron chi connectivity index (χ1n) is 5.36. The molecule has 0 saturated carbocycles. The Morgan fingerprint density at radius 1 is 1.64 bits per heavy atom. The molecule has 2 rings (SSSR count). The molecule has 2 heterocycles. The molecule has 0 aliphatic carbocycles. The number of thioether (sulfide) groups is 1. The summed E-state index contributed by atoms with van der Waals surface area (Å²) in [5.74, 6) is 1.91. The van der Waals surface area contributed by atoms with Crippen LogP contribution in [0.15, 0.2) is 4.99 Å². The van der Waals surface area contributed by atoms with Gasteiger partial charge in [-0.3, -0.25) is 4.99 Å². The Hall–Kier alpha value is -0.220. The molecule has 0 radical (unpaired) electrons. The van der Waals surface area contributed by atoms with Crippen LogP contribution in [-0.2, 0) is 4.74 Å². The zero-order chi connectivity index (χ0) is 9.80. The predicted octanol–water partition coefficient (Wildman–Crippen LogP) is 1.49. The molecule has 2 unspecified atom stereocenters. The molecular weight excluding hydrogens is 196 g/mol. The summed E-state index contributed by atoms with van der Waals surface area (Å²) < 4.78 is 5.33. The first kappa shape index (κ1) is 10.3. The molecule has 1 N–H and O–H groups in total. The summed E-state index contributed by atoms with van der Waals surface area (Å²) in [4.78, 5) is 4.55. The van der Waals surface area contributed by atoms with Gasteiger partial charge in [0.25, 0.3) is 0 Å². The molecule has 2 saturated heterocycles. The molecule has 0 amide bonds. The van der Waals surface area contributed by atoms with Crippen LogP contribution in [0.3, 0.4) is 0 Å². The van der Waals surface area contributed by atoms with E-state index in [2.05, 4.69) is 17.2 Å². The van der Waals surface area contributed by atoms with E-state index in [4.69, 9.17) is 4.74 Å². The van der Waals surface area contributed by atoms with Gasteiger partial charge >= 0.3 is 0 Å². The fourth-order valence-corrected chi connectivity index (χ4v) is 2.71. The summed E-state index contributed by atoms with van der Waals surface area (Å²) in [5, 5.41) is 4.50. The number of rotatable bonds is 3. The van der Waals surface area contributed by atoms with Crippen molar-refractivity contribution in [3.05, 3.63) is 0 Å². The van der Waals surface area contributed by atoms with Crippen molar-refractivity contribution in [2.24, 2.45) is 10.9 Å². The first-order chi connectivity index (χ1) is 6.84. The lowest BCUT2D eigenvalue weighted by Crippen LogP contribution is -2.23. The predicted molar refractivity (Wildman–Crippen MR) is 60.9 cm³/mol. The monoisotopic (exact) mass is 214 g/mol. The van der Waals surface area contributed by atoms with E-state index in [1.807, 2.05) is 11.8 Å². The second-order valence-corrected chi connectivity index (χ2v) is 5.07. The van der Waals surface area contributed by atoms with Crippen molar-refractivity contribution in [2.75, 3.05) is 25.5 Å². The average Bonchev–Trinajstić information content (AvgIpc) is 2.77. The number of nitrogens with zero attached hydrogens (tertiary/aromatic N) is 1. The highest BCUT2D eigenvalue weighted by Gasteiger charge is 2.17. The van der Waals surface area contributed by atoms with Crippen molar-refractivity contribution < 1.29 is 4.74 Å². The van der Waals surface area contributed by atoms with Crippen molar-refractivity contribution in [3.63, 3.8) is 0 Å². The molecular formula is C10H18N2OS. The van der Waals surface area contributed by atoms with Crippen LogP contribution in [0.5, 0.6) is 0 Å². The number of ether oxygens (including phenoxy) is 1. The number of hydrogen-bond acceptors (Lipinski definition) is 3. The van der Waals surface area contributed by atoms with Gasteiger partial charge in [-0.25, -0.2) is 0 Å². The van der Waals surface area contributed by atoms with Crippen LogP contribution < -0.4 is 5.32 Å². The van der Waals surface area contributed by atoms with Gasteiger partial charge in [0.15, 0.2) is 5.17 Å².